The Morgan fingerprint density at radius 2 is 1.44 bits per heavy atom. The topological polar surface area (TPSA) is 62.2 Å². The molecular weight excluding hydrogens is 522 g/mol. The first-order valence-electron chi connectivity index (χ1n) is 12.6. The van der Waals surface area contributed by atoms with Crippen LogP contribution in [0.3, 0.4) is 0 Å². The van der Waals surface area contributed by atoms with Gasteiger partial charge >= 0.3 is 18.3 Å². The number of rotatable bonds is 7. The van der Waals surface area contributed by atoms with Crippen molar-refractivity contribution in [1.29, 1.82) is 0 Å². The summed E-state index contributed by atoms with van der Waals surface area (Å²) in [6, 6.07) is 17.5. The molecule has 1 aliphatic carbocycles. The number of carboxylic acids is 1. The summed E-state index contributed by atoms with van der Waals surface area (Å²) in [4.78, 5) is 14.3. The second-order valence-electron chi connectivity index (χ2n) is 9.51. The SMILES string of the molecule is FC(F)(F)c1ccc(CNCc2ccccc2)cc1.O=C(O)C[C@H]1CCCCC1c1ccc(C(F)(F)F)nc1. The zero-order chi connectivity index (χ0) is 28.5. The first kappa shape index (κ1) is 30.1. The van der Waals surface area contributed by atoms with Gasteiger partial charge in [-0.1, -0.05) is 61.4 Å². The molecule has 0 radical (unpaired) electrons. The Bertz CT molecular complexity index is 1160. The molecule has 1 heterocycles. The predicted molar refractivity (Wildman–Crippen MR) is 135 cm³/mol. The minimum Gasteiger partial charge on any atom is -0.481 e. The van der Waals surface area contributed by atoms with Gasteiger partial charge in [0.1, 0.15) is 5.69 Å². The minimum atomic E-state index is -4.44. The molecule has 0 saturated heterocycles. The van der Waals surface area contributed by atoms with E-state index in [1.807, 2.05) is 30.3 Å². The van der Waals surface area contributed by atoms with Gasteiger partial charge in [-0.15, -0.1) is 0 Å². The first-order valence-corrected chi connectivity index (χ1v) is 12.6. The van der Waals surface area contributed by atoms with Crippen molar-refractivity contribution in [3.05, 3.63) is 101 Å². The maximum absolute atomic E-state index is 12.5. The van der Waals surface area contributed by atoms with Crippen molar-refractivity contribution < 1.29 is 36.2 Å². The molecule has 0 amide bonds. The molecule has 0 spiro atoms. The van der Waals surface area contributed by atoms with Gasteiger partial charge in [-0.05, 0) is 59.6 Å². The first-order chi connectivity index (χ1) is 18.4. The van der Waals surface area contributed by atoms with Gasteiger partial charge in [0.25, 0.3) is 0 Å². The summed E-state index contributed by atoms with van der Waals surface area (Å²) in [5, 5.41) is 12.1. The van der Waals surface area contributed by atoms with Crippen LogP contribution in [-0.4, -0.2) is 16.1 Å². The van der Waals surface area contributed by atoms with Crippen LogP contribution in [0.15, 0.2) is 72.9 Å². The normalized spacial score (nSPS) is 17.7. The lowest BCUT2D eigenvalue weighted by molar-refractivity contribution is -0.141. The molecular formula is C29H30F6N2O2. The average Bonchev–Trinajstić information content (AvgIpc) is 2.89. The van der Waals surface area contributed by atoms with Crippen molar-refractivity contribution in [2.24, 2.45) is 5.92 Å². The van der Waals surface area contributed by atoms with Crippen LogP contribution in [-0.2, 0) is 30.2 Å². The van der Waals surface area contributed by atoms with Crippen molar-refractivity contribution in [2.75, 3.05) is 0 Å². The van der Waals surface area contributed by atoms with E-state index >= 15 is 0 Å². The Labute approximate surface area is 223 Å². The molecule has 4 rings (SSSR count). The number of pyridine rings is 1. The smallest absolute Gasteiger partial charge is 0.433 e. The highest BCUT2D eigenvalue weighted by atomic mass is 19.4. The Hall–Kier alpha value is -3.40. The Balaban J connectivity index is 0.000000216. The van der Waals surface area contributed by atoms with Crippen molar-refractivity contribution >= 4 is 5.97 Å². The molecule has 2 aromatic carbocycles. The van der Waals surface area contributed by atoms with Gasteiger partial charge in [-0.2, -0.15) is 26.3 Å². The monoisotopic (exact) mass is 552 g/mol. The van der Waals surface area contributed by atoms with Gasteiger partial charge in [0.15, 0.2) is 0 Å². The quantitative estimate of drug-likeness (QED) is 0.293. The van der Waals surface area contributed by atoms with E-state index in [1.165, 1.54) is 24.4 Å². The number of hydrogen-bond donors (Lipinski definition) is 2. The fourth-order valence-corrected chi connectivity index (χ4v) is 4.67. The Kier molecular flexibility index (Phi) is 10.5. The lowest BCUT2D eigenvalue weighted by Crippen LogP contribution is -2.21. The lowest BCUT2D eigenvalue weighted by Gasteiger charge is -2.30. The van der Waals surface area contributed by atoms with Crippen LogP contribution >= 0.6 is 0 Å². The zero-order valence-electron chi connectivity index (χ0n) is 21.1. The number of alkyl halides is 6. The third-order valence-electron chi connectivity index (χ3n) is 6.63. The van der Waals surface area contributed by atoms with E-state index in [1.54, 1.807) is 0 Å². The number of carboxylic acid groups (broad SMARTS) is 1. The van der Waals surface area contributed by atoms with Crippen molar-refractivity contribution in [3.8, 4) is 0 Å². The summed E-state index contributed by atoms with van der Waals surface area (Å²) in [5.74, 6) is -0.879. The summed E-state index contributed by atoms with van der Waals surface area (Å²) >= 11 is 0. The fraction of sp³-hybridized carbons (Fsp3) is 0.379. The molecule has 1 aromatic heterocycles. The van der Waals surface area contributed by atoms with Crippen molar-refractivity contribution in [3.63, 3.8) is 0 Å². The Morgan fingerprint density at radius 1 is 0.821 bits per heavy atom. The molecule has 0 bridgehead atoms. The van der Waals surface area contributed by atoms with E-state index in [0.29, 0.717) is 18.7 Å². The van der Waals surface area contributed by atoms with Gasteiger partial charge in [-0.3, -0.25) is 9.78 Å². The predicted octanol–water partition coefficient (Wildman–Crippen LogP) is 7.84. The molecule has 210 valence electrons. The average molecular weight is 553 g/mol. The summed E-state index contributed by atoms with van der Waals surface area (Å²) in [6.45, 7) is 1.24. The van der Waals surface area contributed by atoms with Crippen LogP contribution in [0.2, 0.25) is 0 Å². The van der Waals surface area contributed by atoms with E-state index in [0.717, 1.165) is 55.0 Å². The molecule has 39 heavy (non-hydrogen) atoms. The zero-order valence-corrected chi connectivity index (χ0v) is 21.1. The van der Waals surface area contributed by atoms with E-state index < -0.39 is 29.6 Å². The van der Waals surface area contributed by atoms with Crippen LogP contribution in [0.25, 0.3) is 0 Å². The molecule has 1 unspecified atom stereocenters. The standard InChI is InChI=1S/C15H14F3N.C14H16F3NO2/c16-15(17,18)14-8-6-13(7-9-14)11-19-10-12-4-2-1-3-5-12;15-14(16,17)12-6-5-10(8-18-12)11-4-2-1-3-9(11)7-13(19)20/h1-9,19H,10-11H2;5-6,8-9,11H,1-4,7H2,(H,19,20)/t;9-,11?/m.1/s1. The highest BCUT2D eigenvalue weighted by Gasteiger charge is 2.33. The van der Waals surface area contributed by atoms with Gasteiger partial charge in [0.05, 0.1) is 5.56 Å². The summed E-state index contributed by atoms with van der Waals surface area (Å²) < 4.78 is 74.5. The second kappa shape index (κ2) is 13.6. The van der Waals surface area contributed by atoms with Crippen molar-refractivity contribution in [1.82, 2.24) is 10.3 Å². The number of aromatic nitrogens is 1. The second-order valence-corrected chi connectivity index (χ2v) is 9.51. The lowest BCUT2D eigenvalue weighted by atomic mass is 9.74. The van der Waals surface area contributed by atoms with Crippen LogP contribution in [0.4, 0.5) is 26.3 Å². The third kappa shape index (κ3) is 9.69. The molecule has 2 N–H and O–H groups in total. The van der Waals surface area contributed by atoms with Gasteiger partial charge in [0.2, 0.25) is 0 Å². The molecule has 2 atom stereocenters. The van der Waals surface area contributed by atoms with Crippen LogP contribution in [0.1, 0.15) is 66.0 Å². The number of benzene rings is 2. The number of carbonyl (C=O) groups is 1. The summed E-state index contributed by atoms with van der Waals surface area (Å²) in [5.41, 5.74) is 1.17. The molecule has 10 heteroatoms. The van der Waals surface area contributed by atoms with E-state index in [9.17, 15) is 31.1 Å². The van der Waals surface area contributed by atoms with E-state index in [-0.39, 0.29) is 18.3 Å². The number of nitrogens with zero attached hydrogens (tertiary/aromatic N) is 1. The maximum atomic E-state index is 12.5. The van der Waals surface area contributed by atoms with E-state index in [2.05, 4.69) is 10.3 Å². The van der Waals surface area contributed by atoms with Crippen molar-refractivity contribution in [2.45, 2.75) is 63.5 Å². The van der Waals surface area contributed by atoms with Crippen LogP contribution in [0.5, 0.6) is 0 Å². The summed E-state index contributed by atoms with van der Waals surface area (Å²) in [6.07, 6.45) is -3.84. The largest absolute Gasteiger partial charge is 0.481 e. The van der Waals surface area contributed by atoms with Gasteiger partial charge in [-0.25, -0.2) is 0 Å². The highest BCUT2D eigenvalue weighted by molar-refractivity contribution is 5.67. The molecule has 4 nitrogen and oxygen atoms in total. The van der Waals surface area contributed by atoms with E-state index in [4.69, 9.17) is 5.11 Å². The molecule has 1 aliphatic rings. The van der Waals surface area contributed by atoms with Gasteiger partial charge in [0, 0.05) is 25.7 Å². The highest BCUT2D eigenvalue weighted by Crippen LogP contribution is 2.40. The summed E-state index contributed by atoms with van der Waals surface area (Å²) in [7, 11) is 0. The molecule has 1 fully saturated rings. The third-order valence-corrected chi connectivity index (χ3v) is 6.63. The minimum absolute atomic E-state index is 0.00497. The number of hydrogen-bond acceptors (Lipinski definition) is 3. The number of halogens is 6. The fourth-order valence-electron chi connectivity index (χ4n) is 4.67. The maximum Gasteiger partial charge on any atom is 0.433 e. The van der Waals surface area contributed by atoms with Gasteiger partial charge < -0.3 is 10.4 Å². The molecule has 1 saturated carbocycles. The molecule has 0 aliphatic heterocycles. The number of aliphatic carboxylic acids is 1. The Morgan fingerprint density at radius 3 is 1.97 bits per heavy atom. The van der Waals surface area contributed by atoms with Crippen LogP contribution in [0, 0.1) is 5.92 Å². The van der Waals surface area contributed by atoms with Crippen LogP contribution < -0.4 is 5.32 Å². The molecule has 3 aromatic rings. The number of nitrogens with one attached hydrogen (secondary N) is 1.